The van der Waals surface area contributed by atoms with Gasteiger partial charge in [-0.3, -0.25) is 0 Å². The monoisotopic (exact) mass is 289 g/mol. The van der Waals surface area contributed by atoms with E-state index in [-0.39, 0.29) is 6.04 Å². The number of benzene rings is 2. The standard InChI is InChI=1S/C18H21F2N/c1-5-21-18(14-8-6-11(2)13(4)10-14)15-9-7-12(3)16(19)17(15)20/h6-10,18,21H,5H2,1-4H3. The van der Waals surface area contributed by atoms with Gasteiger partial charge in [0, 0.05) is 5.56 Å². The minimum absolute atomic E-state index is 0.326. The van der Waals surface area contributed by atoms with Crippen molar-refractivity contribution in [2.24, 2.45) is 0 Å². The van der Waals surface area contributed by atoms with Crippen LogP contribution in [-0.2, 0) is 0 Å². The predicted molar refractivity (Wildman–Crippen MR) is 82.5 cm³/mol. The maximum absolute atomic E-state index is 14.3. The maximum Gasteiger partial charge on any atom is 0.164 e. The first-order valence-electron chi connectivity index (χ1n) is 7.20. The molecule has 3 heteroatoms. The molecule has 112 valence electrons. The van der Waals surface area contributed by atoms with E-state index in [1.165, 1.54) is 5.56 Å². The molecule has 2 aromatic rings. The number of nitrogens with one attached hydrogen (secondary N) is 1. The van der Waals surface area contributed by atoms with Gasteiger partial charge < -0.3 is 5.32 Å². The Balaban J connectivity index is 2.53. The summed E-state index contributed by atoms with van der Waals surface area (Å²) in [5.41, 5.74) is 3.95. The van der Waals surface area contributed by atoms with Crippen LogP contribution in [0.25, 0.3) is 0 Å². The van der Waals surface area contributed by atoms with Gasteiger partial charge in [-0.15, -0.1) is 0 Å². The molecule has 0 amide bonds. The van der Waals surface area contributed by atoms with Crippen LogP contribution in [0.4, 0.5) is 8.78 Å². The largest absolute Gasteiger partial charge is 0.306 e. The average molecular weight is 289 g/mol. The minimum atomic E-state index is -0.765. The molecule has 0 aliphatic rings. The van der Waals surface area contributed by atoms with Gasteiger partial charge >= 0.3 is 0 Å². The van der Waals surface area contributed by atoms with E-state index in [2.05, 4.69) is 5.32 Å². The molecule has 0 bridgehead atoms. The van der Waals surface area contributed by atoms with Crippen molar-refractivity contribution in [2.45, 2.75) is 33.7 Å². The Kier molecular flexibility index (Phi) is 4.73. The van der Waals surface area contributed by atoms with Crippen molar-refractivity contribution < 1.29 is 8.78 Å². The highest BCUT2D eigenvalue weighted by atomic mass is 19.2. The van der Waals surface area contributed by atoms with Crippen LogP contribution in [0.3, 0.4) is 0 Å². The average Bonchev–Trinajstić information content (AvgIpc) is 2.46. The lowest BCUT2D eigenvalue weighted by molar-refractivity contribution is 0.478. The summed E-state index contributed by atoms with van der Waals surface area (Å²) >= 11 is 0. The van der Waals surface area contributed by atoms with E-state index in [1.807, 2.05) is 39.0 Å². The highest BCUT2D eigenvalue weighted by Gasteiger charge is 2.20. The molecule has 21 heavy (non-hydrogen) atoms. The molecule has 1 N–H and O–H groups in total. The zero-order chi connectivity index (χ0) is 15.6. The molecule has 0 saturated carbocycles. The Morgan fingerprint density at radius 3 is 2.19 bits per heavy atom. The molecule has 2 rings (SSSR count). The maximum atomic E-state index is 14.3. The Hall–Kier alpha value is -1.74. The summed E-state index contributed by atoms with van der Waals surface area (Å²) in [7, 11) is 0. The first-order chi connectivity index (χ1) is 9.95. The molecular formula is C18H21F2N. The topological polar surface area (TPSA) is 12.0 Å². The van der Waals surface area contributed by atoms with Gasteiger partial charge in [0.1, 0.15) is 0 Å². The van der Waals surface area contributed by atoms with E-state index in [4.69, 9.17) is 0 Å². The van der Waals surface area contributed by atoms with Crippen LogP contribution in [0.1, 0.15) is 40.8 Å². The van der Waals surface area contributed by atoms with Crippen LogP contribution in [0.2, 0.25) is 0 Å². The van der Waals surface area contributed by atoms with Gasteiger partial charge in [-0.05, 0) is 49.6 Å². The smallest absolute Gasteiger partial charge is 0.164 e. The summed E-state index contributed by atoms with van der Waals surface area (Å²) in [6, 6.07) is 8.95. The van der Waals surface area contributed by atoms with Crippen LogP contribution >= 0.6 is 0 Å². The molecule has 0 aromatic heterocycles. The summed E-state index contributed by atoms with van der Waals surface area (Å²) in [5.74, 6) is -1.53. The Morgan fingerprint density at radius 2 is 1.57 bits per heavy atom. The number of halogens is 2. The predicted octanol–water partition coefficient (Wildman–Crippen LogP) is 4.59. The molecular weight excluding hydrogens is 268 g/mol. The van der Waals surface area contributed by atoms with Crippen molar-refractivity contribution in [3.63, 3.8) is 0 Å². The van der Waals surface area contributed by atoms with Crippen LogP contribution < -0.4 is 5.32 Å². The number of hydrogen-bond acceptors (Lipinski definition) is 1. The van der Waals surface area contributed by atoms with Gasteiger partial charge in [-0.25, -0.2) is 8.78 Å². The molecule has 0 spiro atoms. The second-order valence-electron chi connectivity index (χ2n) is 5.43. The Labute approximate surface area is 125 Å². The number of hydrogen-bond donors (Lipinski definition) is 1. The Bertz CT molecular complexity index is 650. The lowest BCUT2D eigenvalue weighted by Gasteiger charge is -2.21. The Morgan fingerprint density at radius 1 is 0.905 bits per heavy atom. The van der Waals surface area contributed by atoms with Crippen molar-refractivity contribution in [3.05, 3.63) is 69.8 Å². The van der Waals surface area contributed by atoms with Crippen LogP contribution in [0.5, 0.6) is 0 Å². The van der Waals surface area contributed by atoms with Crippen molar-refractivity contribution in [1.82, 2.24) is 5.32 Å². The van der Waals surface area contributed by atoms with Gasteiger partial charge in [0.15, 0.2) is 11.6 Å². The normalized spacial score (nSPS) is 12.5. The second-order valence-corrected chi connectivity index (χ2v) is 5.43. The SMILES string of the molecule is CCNC(c1ccc(C)c(C)c1)c1ccc(C)c(F)c1F. The molecule has 0 saturated heterocycles. The second kappa shape index (κ2) is 6.35. The van der Waals surface area contributed by atoms with E-state index in [1.54, 1.807) is 19.1 Å². The fourth-order valence-corrected chi connectivity index (χ4v) is 2.44. The van der Waals surface area contributed by atoms with Gasteiger partial charge in [0.25, 0.3) is 0 Å². The highest BCUT2D eigenvalue weighted by Crippen LogP contribution is 2.28. The first kappa shape index (κ1) is 15.6. The zero-order valence-electron chi connectivity index (χ0n) is 12.9. The van der Waals surface area contributed by atoms with E-state index >= 15 is 0 Å². The van der Waals surface area contributed by atoms with Gasteiger partial charge in [-0.1, -0.05) is 37.3 Å². The summed E-state index contributed by atoms with van der Waals surface area (Å²) < 4.78 is 28.1. The number of aryl methyl sites for hydroxylation is 3. The summed E-state index contributed by atoms with van der Waals surface area (Å²) in [6.07, 6.45) is 0. The fourth-order valence-electron chi connectivity index (χ4n) is 2.44. The van der Waals surface area contributed by atoms with Gasteiger partial charge in [0.2, 0.25) is 0 Å². The summed E-state index contributed by atoms with van der Waals surface area (Å²) in [4.78, 5) is 0. The molecule has 0 heterocycles. The molecule has 1 nitrogen and oxygen atoms in total. The molecule has 1 atom stereocenters. The molecule has 0 aliphatic carbocycles. The zero-order valence-corrected chi connectivity index (χ0v) is 12.9. The lowest BCUT2D eigenvalue weighted by Crippen LogP contribution is -2.23. The number of rotatable bonds is 4. The summed E-state index contributed by atoms with van der Waals surface area (Å²) in [6.45, 7) is 8.25. The van der Waals surface area contributed by atoms with E-state index in [0.29, 0.717) is 17.7 Å². The van der Waals surface area contributed by atoms with Crippen LogP contribution in [0, 0.1) is 32.4 Å². The third kappa shape index (κ3) is 3.13. The van der Waals surface area contributed by atoms with Gasteiger partial charge in [-0.2, -0.15) is 0 Å². The third-order valence-electron chi connectivity index (χ3n) is 3.89. The van der Waals surface area contributed by atoms with Crippen molar-refractivity contribution in [2.75, 3.05) is 6.54 Å². The van der Waals surface area contributed by atoms with E-state index in [0.717, 1.165) is 11.1 Å². The molecule has 0 fully saturated rings. The van der Waals surface area contributed by atoms with Crippen molar-refractivity contribution >= 4 is 0 Å². The van der Waals surface area contributed by atoms with Crippen molar-refractivity contribution in [1.29, 1.82) is 0 Å². The molecule has 2 aromatic carbocycles. The summed E-state index contributed by atoms with van der Waals surface area (Å²) in [5, 5.41) is 3.24. The van der Waals surface area contributed by atoms with Crippen LogP contribution in [-0.4, -0.2) is 6.54 Å². The fraction of sp³-hybridized carbons (Fsp3) is 0.333. The lowest BCUT2D eigenvalue weighted by atomic mass is 9.94. The van der Waals surface area contributed by atoms with E-state index in [9.17, 15) is 8.78 Å². The minimum Gasteiger partial charge on any atom is -0.306 e. The van der Waals surface area contributed by atoms with Crippen molar-refractivity contribution in [3.8, 4) is 0 Å². The molecule has 1 unspecified atom stereocenters. The van der Waals surface area contributed by atoms with E-state index < -0.39 is 11.6 Å². The van der Waals surface area contributed by atoms with Crippen LogP contribution in [0.15, 0.2) is 30.3 Å². The highest BCUT2D eigenvalue weighted by molar-refractivity contribution is 5.39. The quantitative estimate of drug-likeness (QED) is 0.868. The third-order valence-corrected chi connectivity index (χ3v) is 3.89. The van der Waals surface area contributed by atoms with Gasteiger partial charge in [0.05, 0.1) is 6.04 Å². The first-order valence-corrected chi connectivity index (χ1v) is 7.20. The molecule has 0 radical (unpaired) electrons. The molecule has 0 aliphatic heterocycles.